The van der Waals surface area contributed by atoms with Gasteiger partial charge in [-0.25, -0.2) is 14.5 Å². The summed E-state index contributed by atoms with van der Waals surface area (Å²) in [6.45, 7) is 3.73. The van der Waals surface area contributed by atoms with Gasteiger partial charge in [-0.3, -0.25) is 4.79 Å². The van der Waals surface area contributed by atoms with Gasteiger partial charge in [0.25, 0.3) is 0 Å². The Balaban J connectivity index is 2.07. The summed E-state index contributed by atoms with van der Waals surface area (Å²) in [6, 6.07) is 8.04. The Labute approximate surface area is 128 Å². The van der Waals surface area contributed by atoms with Crippen molar-refractivity contribution in [3.05, 3.63) is 35.9 Å². The molecule has 1 aromatic rings. The van der Waals surface area contributed by atoms with E-state index in [9.17, 15) is 19.5 Å². The van der Waals surface area contributed by atoms with Crippen LogP contribution in [0.2, 0.25) is 0 Å². The molecular formula is C16H19NO5. The highest BCUT2D eigenvalue weighted by Crippen LogP contribution is 2.31. The predicted octanol–water partition coefficient (Wildman–Crippen LogP) is 2.28. The molecule has 118 valence electrons. The Morgan fingerprint density at radius 2 is 1.95 bits per heavy atom. The maximum atomic E-state index is 12.2. The zero-order valence-corrected chi connectivity index (χ0v) is 12.6. The second-order valence-corrected chi connectivity index (χ2v) is 5.69. The average Bonchev–Trinajstić information content (AvgIpc) is 2.83. The van der Waals surface area contributed by atoms with E-state index >= 15 is 0 Å². The molecule has 1 N–H and O–H groups in total. The zero-order chi connectivity index (χ0) is 16.3. The predicted molar refractivity (Wildman–Crippen MR) is 77.8 cm³/mol. The van der Waals surface area contributed by atoms with E-state index in [1.165, 1.54) is 0 Å². The van der Waals surface area contributed by atoms with Crippen LogP contribution < -0.4 is 0 Å². The average molecular weight is 305 g/mol. The number of carbonyl (C=O) groups excluding carboxylic acids is 2. The van der Waals surface area contributed by atoms with E-state index < -0.39 is 29.9 Å². The van der Waals surface area contributed by atoms with Crippen molar-refractivity contribution in [2.75, 3.05) is 0 Å². The molecule has 1 heterocycles. The summed E-state index contributed by atoms with van der Waals surface area (Å²) in [5.41, 5.74) is 0.808. The number of carboxylic acid groups (broad SMARTS) is 1. The first-order chi connectivity index (χ1) is 10.4. The van der Waals surface area contributed by atoms with Gasteiger partial charge in [-0.2, -0.15) is 0 Å². The van der Waals surface area contributed by atoms with Crippen LogP contribution in [0.4, 0.5) is 4.79 Å². The number of rotatable bonds is 4. The first-order valence-corrected chi connectivity index (χ1v) is 7.18. The van der Waals surface area contributed by atoms with E-state index in [-0.39, 0.29) is 18.9 Å². The van der Waals surface area contributed by atoms with Crippen LogP contribution in [0.5, 0.6) is 0 Å². The Bertz CT molecular complexity index is 569. The molecular weight excluding hydrogens is 286 g/mol. The molecule has 2 atom stereocenters. The number of benzene rings is 1. The van der Waals surface area contributed by atoms with Gasteiger partial charge in [0.15, 0.2) is 0 Å². The standard InChI is InChI=1S/C16H19NO5/c1-10(2)12-8-13(17(14(12)18)16(20)21)15(19)22-9-11-6-4-3-5-7-11/h3-7,10,12-13H,8-9H2,1-2H3,(H,20,21)/t12-,13-/m0/s1. The maximum Gasteiger partial charge on any atom is 0.414 e. The summed E-state index contributed by atoms with van der Waals surface area (Å²) in [7, 11) is 0. The van der Waals surface area contributed by atoms with Crippen LogP contribution in [0.25, 0.3) is 0 Å². The third-order valence-electron chi connectivity index (χ3n) is 3.85. The molecule has 22 heavy (non-hydrogen) atoms. The molecule has 2 amide bonds. The first kappa shape index (κ1) is 16.0. The fraction of sp³-hybridized carbons (Fsp3) is 0.438. The molecule has 6 nitrogen and oxygen atoms in total. The molecule has 0 radical (unpaired) electrons. The van der Waals surface area contributed by atoms with E-state index in [4.69, 9.17) is 4.74 Å². The number of nitrogens with zero attached hydrogens (tertiary/aromatic N) is 1. The fourth-order valence-corrected chi connectivity index (χ4v) is 2.59. The molecule has 6 heteroatoms. The third-order valence-corrected chi connectivity index (χ3v) is 3.85. The van der Waals surface area contributed by atoms with Gasteiger partial charge in [-0.1, -0.05) is 44.2 Å². The number of esters is 1. The van der Waals surface area contributed by atoms with E-state index in [2.05, 4.69) is 0 Å². The van der Waals surface area contributed by atoms with Gasteiger partial charge in [0, 0.05) is 5.92 Å². The molecule has 0 saturated carbocycles. The number of hydrogen-bond acceptors (Lipinski definition) is 4. The SMILES string of the molecule is CC(C)[C@@H]1C[C@@H](C(=O)OCc2ccccc2)N(C(=O)O)C1=O. The number of likely N-dealkylation sites (tertiary alicyclic amines) is 1. The highest BCUT2D eigenvalue weighted by atomic mass is 16.5. The summed E-state index contributed by atoms with van der Waals surface area (Å²) in [4.78, 5) is 36.2. The lowest BCUT2D eigenvalue weighted by molar-refractivity contribution is -0.152. The summed E-state index contributed by atoms with van der Waals surface area (Å²) in [5.74, 6) is -1.70. The van der Waals surface area contributed by atoms with Crippen molar-refractivity contribution < 1.29 is 24.2 Å². The second-order valence-electron chi connectivity index (χ2n) is 5.69. The molecule has 0 aromatic heterocycles. The van der Waals surface area contributed by atoms with Crippen molar-refractivity contribution in [3.63, 3.8) is 0 Å². The summed E-state index contributed by atoms with van der Waals surface area (Å²) >= 11 is 0. The van der Waals surface area contributed by atoms with Crippen molar-refractivity contribution in [1.82, 2.24) is 4.90 Å². The maximum absolute atomic E-state index is 12.2. The lowest BCUT2D eigenvalue weighted by Gasteiger charge is -2.18. The first-order valence-electron chi connectivity index (χ1n) is 7.18. The fourth-order valence-electron chi connectivity index (χ4n) is 2.59. The number of carbonyl (C=O) groups is 3. The highest BCUT2D eigenvalue weighted by Gasteiger charge is 2.48. The molecule has 1 aliphatic heterocycles. The van der Waals surface area contributed by atoms with Gasteiger partial charge < -0.3 is 9.84 Å². The molecule has 1 aliphatic rings. The smallest absolute Gasteiger partial charge is 0.414 e. The molecule has 1 aromatic carbocycles. The summed E-state index contributed by atoms with van der Waals surface area (Å²) in [5, 5.41) is 9.19. The van der Waals surface area contributed by atoms with Crippen LogP contribution in [0.15, 0.2) is 30.3 Å². The second kappa shape index (κ2) is 6.60. The number of hydrogen-bond donors (Lipinski definition) is 1. The topological polar surface area (TPSA) is 83.9 Å². The van der Waals surface area contributed by atoms with Crippen molar-refractivity contribution in [1.29, 1.82) is 0 Å². The van der Waals surface area contributed by atoms with Crippen molar-refractivity contribution in [3.8, 4) is 0 Å². The molecule has 0 unspecified atom stereocenters. The number of ether oxygens (including phenoxy) is 1. The lowest BCUT2D eigenvalue weighted by Crippen LogP contribution is -2.43. The molecule has 1 fully saturated rings. The Hall–Kier alpha value is -2.37. The third kappa shape index (κ3) is 3.27. The highest BCUT2D eigenvalue weighted by molar-refractivity contribution is 6.00. The van der Waals surface area contributed by atoms with Crippen LogP contribution in [-0.4, -0.2) is 34.0 Å². The number of amides is 2. The zero-order valence-electron chi connectivity index (χ0n) is 12.6. The lowest BCUT2D eigenvalue weighted by atomic mass is 9.93. The van der Waals surface area contributed by atoms with Crippen LogP contribution in [0.1, 0.15) is 25.8 Å². The Morgan fingerprint density at radius 3 is 2.50 bits per heavy atom. The summed E-state index contributed by atoms with van der Waals surface area (Å²) in [6.07, 6.45) is -1.23. The van der Waals surface area contributed by atoms with Crippen molar-refractivity contribution in [2.24, 2.45) is 11.8 Å². The van der Waals surface area contributed by atoms with E-state index in [0.29, 0.717) is 4.90 Å². The van der Waals surface area contributed by atoms with Crippen LogP contribution >= 0.6 is 0 Å². The monoisotopic (exact) mass is 305 g/mol. The number of imide groups is 1. The minimum Gasteiger partial charge on any atom is -0.465 e. The summed E-state index contributed by atoms with van der Waals surface area (Å²) < 4.78 is 5.17. The normalized spacial score (nSPS) is 21.2. The van der Waals surface area contributed by atoms with E-state index in [1.54, 1.807) is 12.1 Å². The quantitative estimate of drug-likeness (QED) is 0.863. The van der Waals surface area contributed by atoms with Gasteiger partial charge >= 0.3 is 12.1 Å². The van der Waals surface area contributed by atoms with Gasteiger partial charge in [-0.05, 0) is 17.9 Å². The molecule has 1 saturated heterocycles. The molecule has 0 spiro atoms. The van der Waals surface area contributed by atoms with Gasteiger partial charge in [-0.15, -0.1) is 0 Å². The van der Waals surface area contributed by atoms with Crippen molar-refractivity contribution in [2.45, 2.75) is 32.9 Å². The molecule has 2 rings (SSSR count). The minimum atomic E-state index is -1.41. The van der Waals surface area contributed by atoms with Crippen molar-refractivity contribution >= 4 is 18.0 Å². The van der Waals surface area contributed by atoms with Crippen LogP contribution in [0.3, 0.4) is 0 Å². The molecule has 0 bridgehead atoms. The van der Waals surface area contributed by atoms with Gasteiger partial charge in [0.1, 0.15) is 12.6 Å². The van der Waals surface area contributed by atoms with Crippen LogP contribution in [-0.2, 0) is 20.9 Å². The molecule has 0 aliphatic carbocycles. The van der Waals surface area contributed by atoms with E-state index in [0.717, 1.165) is 5.56 Å². The van der Waals surface area contributed by atoms with E-state index in [1.807, 2.05) is 32.0 Å². The Kier molecular flexibility index (Phi) is 4.80. The minimum absolute atomic E-state index is 0.0266. The van der Waals surface area contributed by atoms with Gasteiger partial charge in [0.05, 0.1) is 0 Å². The van der Waals surface area contributed by atoms with Crippen LogP contribution in [0, 0.1) is 11.8 Å². The largest absolute Gasteiger partial charge is 0.465 e. The van der Waals surface area contributed by atoms with Gasteiger partial charge in [0.2, 0.25) is 5.91 Å². The Morgan fingerprint density at radius 1 is 1.32 bits per heavy atom.